The van der Waals surface area contributed by atoms with Crippen LogP contribution in [0, 0.1) is 0 Å². The summed E-state index contributed by atoms with van der Waals surface area (Å²) in [7, 11) is 0. The third-order valence-corrected chi connectivity index (χ3v) is 3.49. The Bertz CT molecular complexity index is 500. The molecule has 0 saturated carbocycles. The highest BCUT2D eigenvalue weighted by Gasteiger charge is 2.28. The molecule has 7 nitrogen and oxygen atoms in total. The van der Waals surface area contributed by atoms with Gasteiger partial charge in [-0.2, -0.15) is 5.10 Å². The first-order chi connectivity index (χ1) is 8.54. The van der Waals surface area contributed by atoms with Gasteiger partial charge in [-0.25, -0.2) is 9.59 Å². The van der Waals surface area contributed by atoms with Gasteiger partial charge in [0.25, 0.3) is 0 Å². The highest BCUT2D eigenvalue weighted by molar-refractivity contribution is 9.10. The minimum Gasteiger partial charge on any atom is -0.465 e. The predicted octanol–water partition coefficient (Wildman–Crippen LogP) is 1.32. The molecule has 1 amide bonds. The van der Waals surface area contributed by atoms with Crippen LogP contribution in [-0.4, -0.2) is 45.0 Å². The van der Waals surface area contributed by atoms with Gasteiger partial charge in [0.2, 0.25) is 0 Å². The number of hydrogen-bond donors (Lipinski definition) is 1. The van der Waals surface area contributed by atoms with Crippen molar-refractivity contribution < 1.29 is 19.4 Å². The van der Waals surface area contributed by atoms with Crippen LogP contribution < -0.4 is 0 Å². The Hall–Kier alpha value is -1.57. The fourth-order valence-corrected chi connectivity index (χ4v) is 2.35. The zero-order chi connectivity index (χ0) is 13.3. The van der Waals surface area contributed by atoms with Gasteiger partial charge in [-0.15, -0.1) is 0 Å². The maximum atomic E-state index is 11.6. The van der Waals surface area contributed by atoms with Gasteiger partial charge < -0.3 is 14.7 Å². The van der Waals surface area contributed by atoms with E-state index in [1.807, 2.05) is 0 Å². The van der Waals surface area contributed by atoms with Crippen molar-refractivity contribution in [2.45, 2.75) is 20.0 Å². The quantitative estimate of drug-likeness (QED) is 0.831. The number of nitrogens with zero attached hydrogens (tertiary/aromatic N) is 3. The van der Waals surface area contributed by atoms with Gasteiger partial charge in [0, 0.05) is 6.54 Å². The van der Waals surface area contributed by atoms with Gasteiger partial charge in [0.15, 0.2) is 5.69 Å². The Kier molecular flexibility index (Phi) is 3.55. The fourth-order valence-electron chi connectivity index (χ4n) is 1.78. The van der Waals surface area contributed by atoms with Crippen LogP contribution in [0.4, 0.5) is 4.79 Å². The zero-order valence-electron chi connectivity index (χ0n) is 9.72. The van der Waals surface area contributed by atoms with Crippen molar-refractivity contribution in [3.63, 3.8) is 0 Å². The maximum absolute atomic E-state index is 11.6. The summed E-state index contributed by atoms with van der Waals surface area (Å²) in [6.07, 6.45) is -0.980. The second-order valence-electron chi connectivity index (χ2n) is 3.76. The SMILES string of the molecule is CCOC(=O)c1nn2c(c1Br)CN(C(=O)O)CC2. The van der Waals surface area contributed by atoms with Crippen LogP contribution in [0.3, 0.4) is 0 Å². The number of hydrogen-bond acceptors (Lipinski definition) is 4. The third-order valence-electron chi connectivity index (χ3n) is 2.66. The summed E-state index contributed by atoms with van der Waals surface area (Å²) in [5, 5.41) is 13.1. The van der Waals surface area contributed by atoms with Crippen molar-refractivity contribution in [3.8, 4) is 0 Å². The van der Waals surface area contributed by atoms with E-state index in [-0.39, 0.29) is 18.8 Å². The van der Waals surface area contributed by atoms with E-state index in [0.717, 1.165) is 0 Å². The first kappa shape index (κ1) is 12.9. The molecule has 1 aromatic rings. The van der Waals surface area contributed by atoms with Crippen LogP contribution >= 0.6 is 15.9 Å². The number of esters is 1. The van der Waals surface area contributed by atoms with Crippen LogP contribution in [-0.2, 0) is 17.8 Å². The Morgan fingerprint density at radius 1 is 1.50 bits per heavy atom. The Labute approximate surface area is 111 Å². The molecule has 1 aliphatic rings. The van der Waals surface area contributed by atoms with Gasteiger partial charge in [0.1, 0.15) is 0 Å². The molecule has 0 fully saturated rings. The van der Waals surface area contributed by atoms with Crippen LogP contribution in [0.2, 0.25) is 0 Å². The van der Waals surface area contributed by atoms with Crippen molar-refractivity contribution in [2.24, 2.45) is 0 Å². The summed E-state index contributed by atoms with van der Waals surface area (Å²) in [4.78, 5) is 23.8. The van der Waals surface area contributed by atoms with Gasteiger partial charge in [-0.1, -0.05) is 0 Å². The first-order valence-electron chi connectivity index (χ1n) is 5.44. The molecule has 2 heterocycles. The molecule has 0 bridgehead atoms. The first-order valence-corrected chi connectivity index (χ1v) is 6.24. The lowest BCUT2D eigenvalue weighted by atomic mass is 10.3. The minimum absolute atomic E-state index is 0.194. The third kappa shape index (κ3) is 2.20. The zero-order valence-corrected chi connectivity index (χ0v) is 11.3. The minimum atomic E-state index is -0.980. The summed E-state index contributed by atoms with van der Waals surface area (Å²) in [6.45, 7) is 2.99. The molecule has 8 heteroatoms. The highest BCUT2D eigenvalue weighted by Crippen LogP contribution is 2.26. The summed E-state index contributed by atoms with van der Waals surface area (Å²) < 4.78 is 7.03. The molecular formula is C10H12BrN3O4. The molecule has 1 N–H and O–H groups in total. The summed E-state index contributed by atoms with van der Waals surface area (Å²) in [5.74, 6) is -0.506. The maximum Gasteiger partial charge on any atom is 0.407 e. The van der Waals surface area contributed by atoms with E-state index < -0.39 is 12.1 Å². The lowest BCUT2D eigenvalue weighted by Gasteiger charge is -2.25. The standard InChI is InChI=1S/C10H12BrN3O4/c1-2-18-9(15)8-7(11)6-5-13(10(16)17)3-4-14(6)12-8/h2-5H2,1H3,(H,16,17). The van der Waals surface area contributed by atoms with Crippen molar-refractivity contribution >= 4 is 28.0 Å². The lowest BCUT2D eigenvalue weighted by molar-refractivity contribution is 0.0517. The van der Waals surface area contributed by atoms with E-state index in [2.05, 4.69) is 21.0 Å². The number of carbonyl (C=O) groups is 2. The Morgan fingerprint density at radius 3 is 2.83 bits per heavy atom. The Balaban J connectivity index is 2.29. The molecule has 0 spiro atoms. The fraction of sp³-hybridized carbons (Fsp3) is 0.500. The van der Waals surface area contributed by atoms with Crippen LogP contribution in [0.25, 0.3) is 0 Å². The van der Waals surface area contributed by atoms with E-state index in [1.165, 1.54) is 4.90 Å². The van der Waals surface area contributed by atoms with Crippen molar-refractivity contribution in [1.82, 2.24) is 14.7 Å². The highest BCUT2D eigenvalue weighted by atomic mass is 79.9. The van der Waals surface area contributed by atoms with Gasteiger partial charge in [-0.3, -0.25) is 4.68 Å². The molecule has 0 aliphatic carbocycles. The van der Waals surface area contributed by atoms with E-state index >= 15 is 0 Å². The van der Waals surface area contributed by atoms with Gasteiger partial charge >= 0.3 is 12.1 Å². The molecular weight excluding hydrogens is 306 g/mol. The number of amides is 1. The lowest BCUT2D eigenvalue weighted by Crippen LogP contribution is -2.37. The molecule has 98 valence electrons. The number of carboxylic acid groups (broad SMARTS) is 1. The average Bonchev–Trinajstić information content (AvgIpc) is 2.67. The van der Waals surface area contributed by atoms with Crippen LogP contribution in [0.1, 0.15) is 23.1 Å². The predicted molar refractivity (Wildman–Crippen MR) is 64.3 cm³/mol. The second kappa shape index (κ2) is 4.97. The van der Waals surface area contributed by atoms with E-state index in [1.54, 1.807) is 11.6 Å². The molecule has 0 unspecified atom stereocenters. The number of carbonyl (C=O) groups excluding carboxylic acids is 1. The van der Waals surface area contributed by atoms with E-state index in [9.17, 15) is 9.59 Å². The van der Waals surface area contributed by atoms with Gasteiger partial charge in [0.05, 0.1) is 29.9 Å². The summed E-state index contributed by atoms with van der Waals surface area (Å²) >= 11 is 3.28. The van der Waals surface area contributed by atoms with E-state index in [0.29, 0.717) is 23.3 Å². The molecule has 1 aromatic heterocycles. The normalized spacial score (nSPS) is 14.2. The largest absolute Gasteiger partial charge is 0.465 e. The topological polar surface area (TPSA) is 84.7 Å². The smallest absolute Gasteiger partial charge is 0.407 e. The van der Waals surface area contributed by atoms with E-state index in [4.69, 9.17) is 9.84 Å². The second-order valence-corrected chi connectivity index (χ2v) is 4.55. The molecule has 2 rings (SSSR count). The van der Waals surface area contributed by atoms with Crippen LogP contribution in [0.15, 0.2) is 4.47 Å². The van der Waals surface area contributed by atoms with Crippen molar-refractivity contribution in [3.05, 3.63) is 15.9 Å². The summed E-state index contributed by atoms with van der Waals surface area (Å²) in [5.41, 5.74) is 0.866. The molecule has 0 radical (unpaired) electrons. The van der Waals surface area contributed by atoms with Crippen LogP contribution in [0.5, 0.6) is 0 Å². The average molecular weight is 318 g/mol. The molecule has 18 heavy (non-hydrogen) atoms. The molecule has 0 aromatic carbocycles. The summed E-state index contributed by atoms with van der Waals surface area (Å²) in [6, 6.07) is 0. The monoisotopic (exact) mass is 317 g/mol. The number of rotatable bonds is 2. The Morgan fingerprint density at radius 2 is 2.22 bits per heavy atom. The number of fused-ring (bicyclic) bond motifs is 1. The van der Waals surface area contributed by atoms with Crippen molar-refractivity contribution in [1.29, 1.82) is 0 Å². The van der Waals surface area contributed by atoms with Crippen molar-refractivity contribution in [2.75, 3.05) is 13.2 Å². The number of aromatic nitrogens is 2. The molecule has 1 aliphatic heterocycles. The van der Waals surface area contributed by atoms with Gasteiger partial charge in [-0.05, 0) is 22.9 Å². The number of ether oxygens (including phenoxy) is 1. The molecule has 0 saturated heterocycles. The number of halogens is 1. The molecule has 0 atom stereocenters.